The second kappa shape index (κ2) is 6.61. The minimum Gasteiger partial charge on any atom is -0.326 e. The van der Waals surface area contributed by atoms with Crippen molar-refractivity contribution in [2.45, 2.75) is 20.4 Å². The van der Waals surface area contributed by atoms with Crippen LogP contribution in [0.25, 0.3) is 32.0 Å². The minimum absolute atomic E-state index is 0.803. The lowest BCUT2D eigenvalue weighted by molar-refractivity contribution is 0.823. The van der Waals surface area contributed by atoms with Crippen molar-refractivity contribution in [3.05, 3.63) is 66.9 Å². The van der Waals surface area contributed by atoms with E-state index in [1.54, 1.807) is 17.7 Å². The number of fused-ring (bicyclic) bond motifs is 1. The monoisotopic (exact) mass is 346 g/mol. The molecule has 0 atom stereocenters. The fourth-order valence-electron chi connectivity index (χ4n) is 2.77. The van der Waals surface area contributed by atoms with Gasteiger partial charge < -0.3 is 4.57 Å². The summed E-state index contributed by atoms with van der Waals surface area (Å²) in [5, 5.41) is 1.07. The Balaban J connectivity index is 1.90. The van der Waals surface area contributed by atoms with Gasteiger partial charge in [-0.15, -0.1) is 11.3 Å². The van der Waals surface area contributed by atoms with Crippen molar-refractivity contribution in [1.82, 2.24) is 19.5 Å². The Morgan fingerprint density at radius 3 is 2.76 bits per heavy atom. The molecule has 124 valence electrons. The third-order valence-corrected chi connectivity index (χ3v) is 5.08. The van der Waals surface area contributed by atoms with Gasteiger partial charge in [-0.2, -0.15) is 0 Å². The predicted molar refractivity (Wildman–Crippen MR) is 104 cm³/mol. The second-order valence-corrected chi connectivity index (χ2v) is 7.17. The van der Waals surface area contributed by atoms with Crippen LogP contribution in [-0.2, 0) is 6.54 Å². The largest absolute Gasteiger partial charge is 0.326 e. The van der Waals surface area contributed by atoms with E-state index in [-0.39, 0.29) is 0 Å². The molecule has 1 aromatic carbocycles. The standard InChI is InChI=1S/C20H18N4S/c1-14(2)8-9-24-13-23-18(15-6-4-3-5-7-15)19(24)17-10-16-11-21-12-22-20(16)25-17/h3-8,10-13H,9H2,1-2H3. The number of nitrogens with zero attached hydrogens (tertiary/aromatic N) is 4. The maximum atomic E-state index is 4.72. The zero-order valence-corrected chi connectivity index (χ0v) is 15.0. The average Bonchev–Trinajstić information content (AvgIpc) is 3.24. The van der Waals surface area contributed by atoms with Gasteiger partial charge in [0, 0.05) is 23.7 Å². The lowest BCUT2D eigenvalue weighted by atomic mass is 10.1. The molecule has 0 fully saturated rings. The van der Waals surface area contributed by atoms with Crippen molar-refractivity contribution in [3.63, 3.8) is 0 Å². The molecule has 25 heavy (non-hydrogen) atoms. The molecule has 4 rings (SSSR count). The van der Waals surface area contributed by atoms with E-state index in [0.29, 0.717) is 0 Å². The van der Waals surface area contributed by atoms with E-state index in [9.17, 15) is 0 Å². The van der Waals surface area contributed by atoms with Crippen molar-refractivity contribution in [2.24, 2.45) is 0 Å². The zero-order chi connectivity index (χ0) is 17.2. The van der Waals surface area contributed by atoms with Crippen molar-refractivity contribution in [3.8, 4) is 21.8 Å². The van der Waals surface area contributed by atoms with E-state index in [4.69, 9.17) is 4.98 Å². The topological polar surface area (TPSA) is 43.6 Å². The van der Waals surface area contributed by atoms with Crippen molar-refractivity contribution < 1.29 is 0 Å². The van der Waals surface area contributed by atoms with Gasteiger partial charge in [0.1, 0.15) is 11.2 Å². The summed E-state index contributed by atoms with van der Waals surface area (Å²) < 4.78 is 2.20. The molecule has 0 aliphatic heterocycles. The summed E-state index contributed by atoms with van der Waals surface area (Å²) in [7, 11) is 0. The Morgan fingerprint density at radius 1 is 1.16 bits per heavy atom. The fourth-order valence-corrected chi connectivity index (χ4v) is 3.81. The van der Waals surface area contributed by atoms with Gasteiger partial charge in [-0.1, -0.05) is 42.0 Å². The molecule has 0 saturated carbocycles. The van der Waals surface area contributed by atoms with E-state index in [0.717, 1.165) is 38.6 Å². The zero-order valence-electron chi connectivity index (χ0n) is 14.2. The summed E-state index contributed by atoms with van der Waals surface area (Å²) in [6.45, 7) is 5.03. The Morgan fingerprint density at radius 2 is 2.00 bits per heavy atom. The molecule has 0 amide bonds. The Labute approximate surface area is 150 Å². The molecule has 0 N–H and O–H groups in total. The molecule has 3 heterocycles. The molecule has 4 aromatic rings. The quantitative estimate of drug-likeness (QED) is 0.478. The van der Waals surface area contributed by atoms with Crippen LogP contribution in [-0.4, -0.2) is 19.5 Å². The van der Waals surface area contributed by atoms with Crippen LogP contribution in [0.2, 0.25) is 0 Å². The molecule has 0 aliphatic rings. The maximum Gasteiger partial charge on any atom is 0.127 e. The second-order valence-electron chi connectivity index (χ2n) is 6.14. The Hall–Kier alpha value is -2.79. The molecular weight excluding hydrogens is 328 g/mol. The van der Waals surface area contributed by atoms with Crippen LogP contribution in [0, 0.1) is 0 Å². The highest BCUT2D eigenvalue weighted by Crippen LogP contribution is 2.37. The van der Waals surface area contributed by atoms with Crippen molar-refractivity contribution >= 4 is 21.6 Å². The number of thiophene rings is 1. The number of hydrogen-bond donors (Lipinski definition) is 0. The Bertz CT molecular complexity index is 1010. The first-order valence-electron chi connectivity index (χ1n) is 8.16. The van der Waals surface area contributed by atoms with Gasteiger partial charge in [-0.3, -0.25) is 0 Å². The highest BCUT2D eigenvalue weighted by Gasteiger charge is 2.17. The maximum absolute atomic E-state index is 4.72. The molecule has 5 heteroatoms. The summed E-state index contributed by atoms with van der Waals surface area (Å²) >= 11 is 1.68. The van der Waals surface area contributed by atoms with Crippen LogP contribution >= 0.6 is 11.3 Å². The molecule has 0 aliphatic carbocycles. The third kappa shape index (κ3) is 3.10. The van der Waals surface area contributed by atoms with Crippen molar-refractivity contribution in [2.75, 3.05) is 0 Å². The number of hydrogen-bond acceptors (Lipinski definition) is 4. The summed E-state index contributed by atoms with van der Waals surface area (Å²) in [6.07, 6.45) is 7.60. The summed E-state index contributed by atoms with van der Waals surface area (Å²) in [5.41, 5.74) is 4.55. The lowest BCUT2D eigenvalue weighted by Crippen LogP contribution is -1.96. The highest BCUT2D eigenvalue weighted by atomic mass is 32.1. The molecule has 0 radical (unpaired) electrons. The van der Waals surface area contributed by atoms with Crippen LogP contribution < -0.4 is 0 Å². The minimum atomic E-state index is 0.803. The SMILES string of the molecule is CC(C)=CCn1cnc(-c2ccccc2)c1-c1cc2cncnc2s1. The van der Waals surface area contributed by atoms with Gasteiger partial charge >= 0.3 is 0 Å². The molecule has 0 unspecified atom stereocenters. The fraction of sp³-hybridized carbons (Fsp3) is 0.150. The van der Waals surface area contributed by atoms with Gasteiger partial charge in [-0.25, -0.2) is 15.0 Å². The first kappa shape index (κ1) is 15.7. The average molecular weight is 346 g/mol. The van der Waals surface area contributed by atoms with Gasteiger partial charge in [-0.05, 0) is 19.9 Å². The number of benzene rings is 1. The molecule has 3 aromatic heterocycles. The number of allylic oxidation sites excluding steroid dienone is 2. The normalized spacial score (nSPS) is 11.0. The number of rotatable bonds is 4. The van der Waals surface area contributed by atoms with Gasteiger partial charge in [0.2, 0.25) is 0 Å². The van der Waals surface area contributed by atoms with Crippen LogP contribution in [0.4, 0.5) is 0 Å². The summed E-state index contributed by atoms with van der Waals surface area (Å²) in [4.78, 5) is 15.4. The van der Waals surface area contributed by atoms with Gasteiger partial charge in [0.05, 0.1) is 22.6 Å². The van der Waals surface area contributed by atoms with Crippen LogP contribution in [0.5, 0.6) is 0 Å². The van der Waals surface area contributed by atoms with E-state index in [2.05, 4.69) is 52.7 Å². The molecule has 0 spiro atoms. The van der Waals surface area contributed by atoms with E-state index in [1.165, 1.54) is 5.57 Å². The smallest absolute Gasteiger partial charge is 0.127 e. The molecule has 0 saturated heterocycles. The molecule has 4 nitrogen and oxygen atoms in total. The van der Waals surface area contributed by atoms with E-state index >= 15 is 0 Å². The van der Waals surface area contributed by atoms with Crippen LogP contribution in [0.3, 0.4) is 0 Å². The predicted octanol–water partition coefficient (Wildman–Crippen LogP) is 5.19. The summed E-state index contributed by atoms with van der Waals surface area (Å²) in [6, 6.07) is 12.5. The molecular formula is C20H18N4S. The van der Waals surface area contributed by atoms with Crippen molar-refractivity contribution in [1.29, 1.82) is 0 Å². The molecule has 0 bridgehead atoms. The first-order chi connectivity index (χ1) is 12.2. The van der Waals surface area contributed by atoms with Gasteiger partial charge in [0.15, 0.2) is 0 Å². The van der Waals surface area contributed by atoms with E-state index in [1.807, 2.05) is 30.7 Å². The number of imidazole rings is 1. The van der Waals surface area contributed by atoms with Crippen LogP contribution in [0.15, 0.2) is 66.9 Å². The lowest BCUT2D eigenvalue weighted by Gasteiger charge is -2.07. The van der Waals surface area contributed by atoms with Gasteiger partial charge in [0.25, 0.3) is 0 Å². The number of aromatic nitrogens is 4. The highest BCUT2D eigenvalue weighted by molar-refractivity contribution is 7.21. The third-order valence-electron chi connectivity index (χ3n) is 4.01. The summed E-state index contributed by atoms with van der Waals surface area (Å²) in [5.74, 6) is 0. The van der Waals surface area contributed by atoms with E-state index < -0.39 is 0 Å². The Kier molecular flexibility index (Phi) is 4.15. The first-order valence-corrected chi connectivity index (χ1v) is 8.98. The van der Waals surface area contributed by atoms with Crippen LogP contribution in [0.1, 0.15) is 13.8 Å².